The van der Waals surface area contributed by atoms with Gasteiger partial charge in [0.1, 0.15) is 0 Å². The van der Waals surface area contributed by atoms with Gasteiger partial charge in [-0.15, -0.1) is 0 Å². The van der Waals surface area contributed by atoms with Crippen molar-refractivity contribution in [3.8, 4) is 0 Å². The molecule has 0 aliphatic heterocycles. The van der Waals surface area contributed by atoms with Crippen LogP contribution in [0, 0.1) is 0 Å². The molecule has 0 aliphatic carbocycles. The Morgan fingerprint density at radius 3 is 2.75 bits per heavy atom. The molecule has 0 aromatic carbocycles. The van der Waals surface area contributed by atoms with Crippen molar-refractivity contribution in [2.24, 2.45) is 0 Å². The predicted molar refractivity (Wildman–Crippen MR) is 40.9 cm³/mol. The summed E-state index contributed by atoms with van der Waals surface area (Å²) in [6, 6.07) is 2.93. The van der Waals surface area contributed by atoms with Crippen LogP contribution >= 0.6 is 0 Å². The van der Waals surface area contributed by atoms with Crippen molar-refractivity contribution in [1.29, 1.82) is 0 Å². The van der Waals surface area contributed by atoms with E-state index in [1.165, 1.54) is 18.3 Å². The van der Waals surface area contributed by atoms with Crippen LogP contribution < -0.4 is 0 Å². The molecule has 1 N–H and O–H groups in total. The second kappa shape index (κ2) is 3.80. The minimum atomic E-state index is -1.02. The molecular weight excluding hydrogens is 161 g/mol. The molecule has 0 unspecified atom stereocenters. The van der Waals surface area contributed by atoms with Crippen molar-refractivity contribution < 1.29 is 14.3 Å². The molecule has 0 atom stereocenters. The highest BCUT2D eigenvalue weighted by atomic mass is 19.1. The molecule has 0 amide bonds. The van der Waals surface area contributed by atoms with Crippen LogP contribution in [-0.4, -0.2) is 22.7 Å². The lowest BCUT2D eigenvalue weighted by Crippen LogP contribution is -1.99. The second-order valence-electron chi connectivity index (χ2n) is 2.28. The quantitative estimate of drug-likeness (QED) is 0.741. The van der Waals surface area contributed by atoms with E-state index in [4.69, 9.17) is 5.11 Å². The molecule has 1 heterocycles. The van der Waals surface area contributed by atoms with Crippen molar-refractivity contribution >= 4 is 5.97 Å². The summed E-state index contributed by atoms with van der Waals surface area (Å²) >= 11 is 0. The van der Waals surface area contributed by atoms with Gasteiger partial charge in [-0.05, 0) is 12.1 Å². The highest BCUT2D eigenvalue weighted by Crippen LogP contribution is 2.00. The van der Waals surface area contributed by atoms with Gasteiger partial charge in [0.25, 0.3) is 0 Å². The van der Waals surface area contributed by atoms with E-state index < -0.39 is 12.6 Å². The van der Waals surface area contributed by atoms with Crippen LogP contribution in [0.25, 0.3) is 0 Å². The molecule has 1 rings (SSSR count). The fraction of sp³-hybridized carbons (Fsp3) is 0.250. The molecule has 64 valence electrons. The summed E-state index contributed by atoms with van der Waals surface area (Å²) in [5, 5.41) is 8.49. The van der Waals surface area contributed by atoms with E-state index in [9.17, 15) is 9.18 Å². The largest absolute Gasteiger partial charge is 0.478 e. The third kappa shape index (κ3) is 2.02. The topological polar surface area (TPSA) is 50.2 Å². The fourth-order valence-corrected chi connectivity index (χ4v) is 0.796. The van der Waals surface area contributed by atoms with Gasteiger partial charge in [0.2, 0.25) is 0 Å². The van der Waals surface area contributed by atoms with Crippen molar-refractivity contribution in [2.75, 3.05) is 6.67 Å². The molecule has 0 aliphatic rings. The highest BCUT2D eigenvalue weighted by molar-refractivity contribution is 5.87. The lowest BCUT2D eigenvalue weighted by atomic mass is 10.2. The molecule has 1 aromatic heterocycles. The number of carboxylic acid groups (broad SMARTS) is 1. The Morgan fingerprint density at radius 1 is 1.58 bits per heavy atom. The zero-order chi connectivity index (χ0) is 8.97. The van der Waals surface area contributed by atoms with E-state index >= 15 is 0 Å². The van der Waals surface area contributed by atoms with E-state index in [2.05, 4.69) is 4.98 Å². The third-order valence-corrected chi connectivity index (χ3v) is 1.42. The monoisotopic (exact) mass is 169 g/mol. The minimum absolute atomic E-state index is 0.123. The zero-order valence-corrected chi connectivity index (χ0v) is 6.33. The Labute approximate surface area is 68.9 Å². The predicted octanol–water partition coefficient (Wildman–Crippen LogP) is 1.29. The average molecular weight is 169 g/mol. The first-order chi connectivity index (χ1) is 5.74. The summed E-state index contributed by atoms with van der Waals surface area (Å²) < 4.78 is 11.8. The maximum Gasteiger partial charge on any atom is 0.337 e. The summed E-state index contributed by atoms with van der Waals surface area (Å²) in [5.41, 5.74) is 0.695. The Balaban J connectivity index is 2.78. The summed E-state index contributed by atoms with van der Waals surface area (Å²) in [6.07, 6.45) is 1.47. The first-order valence-corrected chi connectivity index (χ1v) is 3.48. The number of aromatic carboxylic acids is 1. The molecule has 0 bridgehead atoms. The maximum absolute atomic E-state index is 11.8. The number of halogens is 1. The number of aryl methyl sites for hydroxylation is 1. The van der Waals surface area contributed by atoms with Crippen molar-refractivity contribution in [1.82, 2.24) is 4.98 Å². The van der Waals surface area contributed by atoms with Crippen molar-refractivity contribution in [2.45, 2.75) is 6.42 Å². The Morgan fingerprint density at radius 2 is 2.33 bits per heavy atom. The minimum Gasteiger partial charge on any atom is -0.478 e. The van der Waals surface area contributed by atoms with Crippen molar-refractivity contribution in [3.63, 3.8) is 0 Å². The van der Waals surface area contributed by atoms with Gasteiger partial charge in [0.05, 0.1) is 12.2 Å². The summed E-state index contributed by atoms with van der Waals surface area (Å²) in [5.74, 6) is -1.02. The lowest BCUT2D eigenvalue weighted by molar-refractivity contribution is 0.0696. The van der Waals surface area contributed by atoms with Gasteiger partial charge in [0, 0.05) is 18.3 Å². The van der Waals surface area contributed by atoms with Gasteiger partial charge in [-0.2, -0.15) is 0 Å². The molecular formula is C8H8FNO2. The van der Waals surface area contributed by atoms with E-state index in [1.54, 1.807) is 0 Å². The number of hydrogen-bond donors (Lipinski definition) is 1. The molecule has 0 fully saturated rings. The Kier molecular flexibility index (Phi) is 2.74. The second-order valence-corrected chi connectivity index (χ2v) is 2.28. The molecule has 0 saturated heterocycles. The number of rotatable bonds is 3. The maximum atomic E-state index is 11.8. The first kappa shape index (κ1) is 8.64. The smallest absolute Gasteiger partial charge is 0.337 e. The average Bonchev–Trinajstić information content (AvgIpc) is 2.06. The Hall–Kier alpha value is -1.45. The first-order valence-electron chi connectivity index (χ1n) is 3.48. The standard InChI is InChI=1S/C8H8FNO2/c9-4-3-7-2-1-6(5-10-7)8(11)12/h1-2,5H,3-4H2,(H,11,12). The van der Waals surface area contributed by atoms with Crippen LogP contribution in [0.3, 0.4) is 0 Å². The molecule has 0 saturated carbocycles. The van der Waals surface area contributed by atoms with Crippen LogP contribution in [-0.2, 0) is 6.42 Å². The van der Waals surface area contributed by atoms with Crippen LogP contribution in [0.1, 0.15) is 16.1 Å². The number of alkyl halides is 1. The molecule has 4 heteroatoms. The van der Waals surface area contributed by atoms with Crippen LogP contribution in [0.2, 0.25) is 0 Å². The molecule has 0 spiro atoms. The summed E-state index contributed by atoms with van der Waals surface area (Å²) in [6.45, 7) is -0.473. The Bertz CT molecular complexity index is 271. The normalized spacial score (nSPS) is 9.75. The molecule has 12 heavy (non-hydrogen) atoms. The number of nitrogens with zero attached hydrogens (tertiary/aromatic N) is 1. The van der Waals surface area contributed by atoms with Crippen LogP contribution in [0.4, 0.5) is 4.39 Å². The van der Waals surface area contributed by atoms with E-state index in [1.807, 2.05) is 0 Å². The van der Waals surface area contributed by atoms with Crippen molar-refractivity contribution in [3.05, 3.63) is 29.6 Å². The third-order valence-electron chi connectivity index (χ3n) is 1.42. The summed E-state index contributed by atoms with van der Waals surface area (Å²) in [4.78, 5) is 14.1. The van der Waals surface area contributed by atoms with Gasteiger partial charge < -0.3 is 5.11 Å². The molecule has 1 aromatic rings. The van der Waals surface area contributed by atoms with Gasteiger partial charge in [0.15, 0.2) is 0 Å². The highest BCUT2D eigenvalue weighted by Gasteiger charge is 2.01. The van der Waals surface area contributed by atoms with Crippen LogP contribution in [0.15, 0.2) is 18.3 Å². The SMILES string of the molecule is O=C(O)c1ccc(CCF)nc1. The van der Waals surface area contributed by atoms with Gasteiger partial charge in [-0.1, -0.05) is 0 Å². The lowest BCUT2D eigenvalue weighted by Gasteiger charge is -1.96. The number of pyridine rings is 1. The van der Waals surface area contributed by atoms with Gasteiger partial charge in [-0.3, -0.25) is 9.37 Å². The molecule has 3 nitrogen and oxygen atoms in total. The van der Waals surface area contributed by atoms with E-state index in [-0.39, 0.29) is 12.0 Å². The number of hydrogen-bond acceptors (Lipinski definition) is 2. The van der Waals surface area contributed by atoms with E-state index in [0.29, 0.717) is 5.69 Å². The van der Waals surface area contributed by atoms with Gasteiger partial charge in [-0.25, -0.2) is 4.79 Å². The summed E-state index contributed by atoms with van der Waals surface area (Å²) in [7, 11) is 0. The fourth-order valence-electron chi connectivity index (χ4n) is 0.796. The zero-order valence-electron chi connectivity index (χ0n) is 6.33. The van der Waals surface area contributed by atoms with E-state index in [0.717, 1.165) is 0 Å². The number of aromatic nitrogens is 1. The van der Waals surface area contributed by atoms with Crippen LogP contribution in [0.5, 0.6) is 0 Å². The number of carboxylic acids is 1. The number of carbonyl (C=O) groups is 1. The van der Waals surface area contributed by atoms with Gasteiger partial charge >= 0.3 is 5.97 Å². The molecule has 0 radical (unpaired) electrons.